The lowest BCUT2D eigenvalue weighted by Crippen LogP contribution is -2.48. The first-order chi connectivity index (χ1) is 12.1. The molecule has 1 unspecified atom stereocenters. The van der Waals surface area contributed by atoms with Gasteiger partial charge in [-0.3, -0.25) is 14.6 Å². The predicted molar refractivity (Wildman–Crippen MR) is 94.5 cm³/mol. The Hall–Kier alpha value is -1.96. The molecular weight excluding hydrogens is 343 g/mol. The molecule has 2 heterocycles. The SMILES string of the molecule is COc1ccc(C(C(=O)O)N2CCN(Cc3ccsc3)CC2)cc1F. The molecule has 7 heteroatoms. The average Bonchev–Trinajstić information content (AvgIpc) is 3.09. The topological polar surface area (TPSA) is 53.0 Å². The zero-order chi connectivity index (χ0) is 17.8. The van der Waals surface area contributed by atoms with Gasteiger partial charge in [0.2, 0.25) is 0 Å². The molecule has 1 saturated heterocycles. The first-order valence-electron chi connectivity index (χ1n) is 8.12. The Bertz CT molecular complexity index is 715. The van der Waals surface area contributed by atoms with Gasteiger partial charge in [-0.1, -0.05) is 6.07 Å². The number of carbonyl (C=O) groups is 1. The molecule has 1 atom stereocenters. The van der Waals surface area contributed by atoms with E-state index in [9.17, 15) is 14.3 Å². The number of thiophene rings is 1. The molecule has 1 N–H and O–H groups in total. The predicted octanol–water partition coefficient (Wildman–Crippen LogP) is 2.84. The van der Waals surface area contributed by atoms with Crippen LogP contribution in [0.5, 0.6) is 5.75 Å². The van der Waals surface area contributed by atoms with Crippen molar-refractivity contribution in [2.75, 3.05) is 33.3 Å². The van der Waals surface area contributed by atoms with Crippen molar-refractivity contribution in [1.29, 1.82) is 0 Å². The average molecular weight is 364 g/mol. The second kappa shape index (κ2) is 7.95. The van der Waals surface area contributed by atoms with Gasteiger partial charge in [-0.25, -0.2) is 4.39 Å². The maximum atomic E-state index is 14.0. The lowest BCUT2D eigenvalue weighted by molar-refractivity contribution is -0.144. The number of aliphatic carboxylic acids is 1. The van der Waals surface area contributed by atoms with Gasteiger partial charge in [0.25, 0.3) is 0 Å². The smallest absolute Gasteiger partial charge is 0.325 e. The largest absolute Gasteiger partial charge is 0.494 e. The van der Waals surface area contributed by atoms with E-state index in [2.05, 4.69) is 21.7 Å². The van der Waals surface area contributed by atoms with Crippen LogP contribution in [-0.4, -0.2) is 54.2 Å². The molecule has 1 aromatic heterocycles. The van der Waals surface area contributed by atoms with Crippen LogP contribution < -0.4 is 4.74 Å². The van der Waals surface area contributed by atoms with E-state index >= 15 is 0 Å². The highest BCUT2D eigenvalue weighted by Crippen LogP contribution is 2.27. The van der Waals surface area contributed by atoms with Gasteiger partial charge in [-0.15, -0.1) is 0 Å². The molecule has 134 valence electrons. The quantitative estimate of drug-likeness (QED) is 0.854. The van der Waals surface area contributed by atoms with Crippen LogP contribution in [0.2, 0.25) is 0 Å². The molecule has 0 spiro atoms. The Morgan fingerprint density at radius 1 is 1.32 bits per heavy atom. The number of benzene rings is 1. The summed E-state index contributed by atoms with van der Waals surface area (Å²) in [5.41, 5.74) is 1.72. The second-order valence-corrected chi connectivity index (χ2v) is 6.86. The van der Waals surface area contributed by atoms with E-state index in [-0.39, 0.29) is 5.75 Å². The summed E-state index contributed by atoms with van der Waals surface area (Å²) in [6.45, 7) is 3.73. The molecule has 0 amide bonds. The van der Waals surface area contributed by atoms with Crippen LogP contribution in [0.3, 0.4) is 0 Å². The zero-order valence-electron chi connectivity index (χ0n) is 14.0. The number of ether oxygens (including phenoxy) is 1. The fourth-order valence-corrected chi connectivity index (χ4v) is 3.84. The maximum absolute atomic E-state index is 14.0. The minimum absolute atomic E-state index is 0.119. The number of carboxylic acid groups (broad SMARTS) is 1. The minimum Gasteiger partial charge on any atom is -0.494 e. The van der Waals surface area contributed by atoms with Gasteiger partial charge in [0, 0.05) is 32.7 Å². The maximum Gasteiger partial charge on any atom is 0.325 e. The Morgan fingerprint density at radius 2 is 2.08 bits per heavy atom. The lowest BCUT2D eigenvalue weighted by atomic mass is 10.0. The number of nitrogens with zero attached hydrogens (tertiary/aromatic N) is 2. The van der Waals surface area contributed by atoms with Crippen LogP contribution in [0.1, 0.15) is 17.2 Å². The number of rotatable bonds is 6. The van der Waals surface area contributed by atoms with Crippen molar-refractivity contribution in [3.8, 4) is 5.75 Å². The summed E-state index contributed by atoms with van der Waals surface area (Å²) in [7, 11) is 1.39. The third-order valence-corrected chi connectivity index (χ3v) is 5.22. The number of halogens is 1. The van der Waals surface area contributed by atoms with E-state index < -0.39 is 17.8 Å². The van der Waals surface area contributed by atoms with Gasteiger partial charge < -0.3 is 9.84 Å². The van der Waals surface area contributed by atoms with E-state index in [4.69, 9.17) is 4.74 Å². The molecule has 5 nitrogen and oxygen atoms in total. The first kappa shape index (κ1) is 17.8. The lowest BCUT2D eigenvalue weighted by Gasteiger charge is -2.37. The third-order valence-electron chi connectivity index (χ3n) is 4.48. The van der Waals surface area contributed by atoms with Crippen LogP contribution in [0, 0.1) is 5.82 Å². The van der Waals surface area contributed by atoms with Gasteiger partial charge in [0.05, 0.1) is 7.11 Å². The van der Waals surface area contributed by atoms with E-state index in [1.54, 1.807) is 17.4 Å². The summed E-state index contributed by atoms with van der Waals surface area (Å²) in [6, 6.07) is 5.63. The molecule has 0 saturated carbocycles. The van der Waals surface area contributed by atoms with Crippen molar-refractivity contribution in [2.24, 2.45) is 0 Å². The fourth-order valence-electron chi connectivity index (χ4n) is 3.18. The Balaban J connectivity index is 1.68. The molecule has 1 fully saturated rings. The fraction of sp³-hybridized carbons (Fsp3) is 0.389. The van der Waals surface area contributed by atoms with Crippen molar-refractivity contribution in [3.05, 3.63) is 52.0 Å². The number of carboxylic acids is 1. The van der Waals surface area contributed by atoms with Crippen LogP contribution >= 0.6 is 11.3 Å². The molecule has 1 aliphatic heterocycles. The highest BCUT2D eigenvalue weighted by atomic mass is 32.1. The van der Waals surface area contributed by atoms with Gasteiger partial charge in [0.1, 0.15) is 6.04 Å². The van der Waals surface area contributed by atoms with Crippen molar-refractivity contribution < 1.29 is 19.0 Å². The van der Waals surface area contributed by atoms with Crippen LogP contribution in [-0.2, 0) is 11.3 Å². The first-order valence-corrected chi connectivity index (χ1v) is 9.06. The highest BCUT2D eigenvalue weighted by Gasteiger charge is 2.31. The Morgan fingerprint density at radius 3 is 2.64 bits per heavy atom. The second-order valence-electron chi connectivity index (χ2n) is 6.08. The number of piperazine rings is 1. The molecule has 0 aliphatic carbocycles. The monoisotopic (exact) mass is 364 g/mol. The molecule has 0 bridgehead atoms. The number of methoxy groups -OCH3 is 1. The third kappa shape index (κ3) is 4.18. The molecule has 1 aromatic carbocycles. The summed E-state index contributed by atoms with van der Waals surface area (Å²) >= 11 is 1.68. The van der Waals surface area contributed by atoms with Crippen molar-refractivity contribution >= 4 is 17.3 Å². The normalized spacial score (nSPS) is 17.4. The van der Waals surface area contributed by atoms with E-state index in [1.165, 1.54) is 24.8 Å². The van der Waals surface area contributed by atoms with Crippen LogP contribution in [0.15, 0.2) is 35.0 Å². The van der Waals surface area contributed by atoms with Gasteiger partial charge in [-0.05, 0) is 40.1 Å². The molecule has 25 heavy (non-hydrogen) atoms. The summed E-state index contributed by atoms with van der Waals surface area (Å²) < 4.78 is 18.9. The molecule has 1 aliphatic rings. The van der Waals surface area contributed by atoms with Gasteiger partial charge in [0.15, 0.2) is 11.6 Å². The minimum atomic E-state index is -0.962. The van der Waals surface area contributed by atoms with Crippen molar-refractivity contribution in [3.63, 3.8) is 0 Å². The van der Waals surface area contributed by atoms with Gasteiger partial charge in [-0.2, -0.15) is 11.3 Å². The van der Waals surface area contributed by atoms with Crippen LogP contribution in [0.25, 0.3) is 0 Å². The summed E-state index contributed by atoms with van der Waals surface area (Å²) in [5, 5.41) is 13.9. The van der Waals surface area contributed by atoms with E-state index in [1.807, 2.05) is 4.90 Å². The molecule has 0 radical (unpaired) electrons. The number of hydrogen-bond acceptors (Lipinski definition) is 5. The summed E-state index contributed by atoms with van der Waals surface area (Å²) in [4.78, 5) is 16.0. The van der Waals surface area contributed by atoms with Crippen molar-refractivity contribution in [2.45, 2.75) is 12.6 Å². The standard InChI is InChI=1S/C18H21FN2O3S/c1-24-16-3-2-14(10-15(16)19)17(18(22)23)21-7-5-20(6-8-21)11-13-4-9-25-12-13/h2-4,9-10,12,17H,5-8,11H2,1H3,(H,22,23). The molecule has 2 aromatic rings. The van der Waals surface area contributed by atoms with E-state index in [0.29, 0.717) is 18.7 Å². The summed E-state index contributed by atoms with van der Waals surface area (Å²) in [5.74, 6) is -1.38. The summed E-state index contributed by atoms with van der Waals surface area (Å²) in [6.07, 6.45) is 0. The molecule has 3 rings (SSSR count). The Kier molecular flexibility index (Phi) is 5.67. The van der Waals surface area contributed by atoms with Gasteiger partial charge >= 0.3 is 5.97 Å². The zero-order valence-corrected chi connectivity index (χ0v) is 14.8. The van der Waals surface area contributed by atoms with Crippen molar-refractivity contribution in [1.82, 2.24) is 9.80 Å². The number of hydrogen-bond donors (Lipinski definition) is 1. The highest BCUT2D eigenvalue weighted by molar-refractivity contribution is 7.07. The van der Waals surface area contributed by atoms with Crippen LogP contribution in [0.4, 0.5) is 4.39 Å². The van der Waals surface area contributed by atoms with E-state index in [0.717, 1.165) is 19.6 Å². The molecular formula is C18H21FN2O3S. The Labute approximate surface area is 150 Å².